The lowest BCUT2D eigenvalue weighted by molar-refractivity contribution is -0.120. The Labute approximate surface area is 178 Å². The molecule has 0 bridgehead atoms. The van der Waals surface area contributed by atoms with Crippen LogP contribution in [0.2, 0.25) is 0 Å². The highest BCUT2D eigenvalue weighted by molar-refractivity contribution is 7.14. The SMILES string of the molecule is Cc1ccc(Oc2ccccc2CNC(=O)Cc2csc(N3CCNC3=O)n2)cc1. The van der Waals surface area contributed by atoms with Crippen molar-refractivity contribution < 1.29 is 14.3 Å². The number of amides is 3. The van der Waals surface area contributed by atoms with Crippen LogP contribution in [0.25, 0.3) is 0 Å². The molecule has 2 aromatic carbocycles. The van der Waals surface area contributed by atoms with Gasteiger partial charge in [-0.15, -0.1) is 11.3 Å². The Morgan fingerprint density at radius 3 is 2.80 bits per heavy atom. The molecule has 8 heteroatoms. The van der Waals surface area contributed by atoms with E-state index in [4.69, 9.17) is 4.74 Å². The van der Waals surface area contributed by atoms with Gasteiger partial charge in [0.25, 0.3) is 0 Å². The van der Waals surface area contributed by atoms with E-state index in [1.54, 1.807) is 4.90 Å². The average molecular weight is 423 g/mol. The zero-order chi connectivity index (χ0) is 20.9. The van der Waals surface area contributed by atoms with Crippen LogP contribution in [-0.2, 0) is 17.8 Å². The van der Waals surface area contributed by atoms with E-state index >= 15 is 0 Å². The second-order valence-corrected chi connectivity index (χ2v) is 7.82. The molecule has 7 nitrogen and oxygen atoms in total. The smallest absolute Gasteiger partial charge is 0.323 e. The number of carbonyl (C=O) groups is 2. The summed E-state index contributed by atoms with van der Waals surface area (Å²) in [6, 6.07) is 15.3. The van der Waals surface area contributed by atoms with Gasteiger partial charge in [-0.25, -0.2) is 9.78 Å². The van der Waals surface area contributed by atoms with E-state index in [1.807, 2.05) is 60.8 Å². The Morgan fingerprint density at radius 1 is 1.23 bits per heavy atom. The van der Waals surface area contributed by atoms with Crippen molar-refractivity contribution in [2.45, 2.75) is 19.9 Å². The highest BCUT2D eigenvalue weighted by Gasteiger charge is 2.24. The molecule has 0 aliphatic carbocycles. The van der Waals surface area contributed by atoms with Crippen molar-refractivity contribution in [3.8, 4) is 11.5 Å². The molecule has 3 amide bonds. The number of hydrogen-bond acceptors (Lipinski definition) is 5. The van der Waals surface area contributed by atoms with Gasteiger partial charge in [0.2, 0.25) is 5.91 Å². The lowest BCUT2D eigenvalue weighted by Crippen LogP contribution is -2.28. The fraction of sp³-hybridized carbons (Fsp3) is 0.227. The zero-order valence-corrected chi connectivity index (χ0v) is 17.4. The molecular weight excluding hydrogens is 400 g/mol. The lowest BCUT2D eigenvalue weighted by Gasteiger charge is -2.12. The second kappa shape index (κ2) is 8.96. The monoisotopic (exact) mass is 422 g/mol. The molecular formula is C22H22N4O3S. The van der Waals surface area contributed by atoms with Crippen molar-refractivity contribution in [3.05, 3.63) is 70.7 Å². The number of hydrogen-bond donors (Lipinski definition) is 2. The maximum Gasteiger partial charge on any atom is 0.323 e. The van der Waals surface area contributed by atoms with Crippen molar-refractivity contribution in [2.24, 2.45) is 0 Å². The molecule has 1 aliphatic heterocycles. The van der Waals surface area contributed by atoms with E-state index in [1.165, 1.54) is 16.9 Å². The first-order valence-corrected chi connectivity index (χ1v) is 10.6. The summed E-state index contributed by atoms with van der Waals surface area (Å²) in [5.74, 6) is 1.32. The summed E-state index contributed by atoms with van der Waals surface area (Å²) >= 11 is 1.37. The van der Waals surface area contributed by atoms with Crippen LogP contribution in [0.15, 0.2) is 53.9 Å². The summed E-state index contributed by atoms with van der Waals surface area (Å²) in [7, 11) is 0. The lowest BCUT2D eigenvalue weighted by atomic mass is 10.2. The molecule has 1 aliphatic rings. The molecule has 2 N–H and O–H groups in total. The summed E-state index contributed by atoms with van der Waals surface area (Å²) in [6.45, 7) is 3.58. The van der Waals surface area contributed by atoms with Gasteiger partial charge < -0.3 is 15.4 Å². The Kier molecular flexibility index (Phi) is 5.94. The number of ether oxygens (including phenoxy) is 1. The minimum Gasteiger partial charge on any atom is -0.457 e. The third kappa shape index (κ3) is 4.77. The fourth-order valence-electron chi connectivity index (χ4n) is 3.06. The van der Waals surface area contributed by atoms with Crippen LogP contribution in [-0.4, -0.2) is 30.0 Å². The van der Waals surface area contributed by atoms with Crippen LogP contribution < -0.4 is 20.3 Å². The highest BCUT2D eigenvalue weighted by atomic mass is 32.1. The van der Waals surface area contributed by atoms with Gasteiger partial charge in [0.15, 0.2) is 5.13 Å². The van der Waals surface area contributed by atoms with Gasteiger partial charge in [0, 0.05) is 30.6 Å². The normalized spacial score (nSPS) is 13.2. The van der Waals surface area contributed by atoms with Gasteiger partial charge >= 0.3 is 6.03 Å². The molecule has 1 fully saturated rings. The maximum absolute atomic E-state index is 12.4. The van der Waals surface area contributed by atoms with Gasteiger partial charge in [0.1, 0.15) is 11.5 Å². The Morgan fingerprint density at radius 2 is 2.03 bits per heavy atom. The number of carbonyl (C=O) groups excluding carboxylic acids is 2. The molecule has 0 unspecified atom stereocenters. The van der Waals surface area contributed by atoms with Crippen LogP contribution in [0.5, 0.6) is 11.5 Å². The topological polar surface area (TPSA) is 83.6 Å². The highest BCUT2D eigenvalue weighted by Crippen LogP contribution is 2.26. The van der Waals surface area contributed by atoms with Crippen LogP contribution in [0, 0.1) is 6.92 Å². The third-order valence-electron chi connectivity index (χ3n) is 4.67. The number of benzene rings is 2. The summed E-state index contributed by atoms with van der Waals surface area (Å²) in [5.41, 5.74) is 2.70. The van der Waals surface area contributed by atoms with Crippen LogP contribution in [0.3, 0.4) is 0 Å². The summed E-state index contributed by atoms with van der Waals surface area (Å²) in [5, 5.41) is 8.10. The summed E-state index contributed by atoms with van der Waals surface area (Å²) in [4.78, 5) is 30.1. The van der Waals surface area contributed by atoms with Crippen molar-refractivity contribution >= 4 is 28.4 Å². The van der Waals surface area contributed by atoms with Crippen LogP contribution >= 0.6 is 11.3 Å². The molecule has 2 heterocycles. The average Bonchev–Trinajstić information content (AvgIpc) is 3.37. The van der Waals surface area contributed by atoms with Crippen molar-refractivity contribution in [2.75, 3.05) is 18.0 Å². The van der Waals surface area contributed by atoms with Crippen LogP contribution in [0.1, 0.15) is 16.8 Å². The number of anilines is 1. The van der Waals surface area contributed by atoms with Gasteiger partial charge in [-0.3, -0.25) is 9.69 Å². The molecule has 0 radical (unpaired) electrons. The number of nitrogens with one attached hydrogen (secondary N) is 2. The van der Waals surface area contributed by atoms with Crippen molar-refractivity contribution in [1.29, 1.82) is 0 Å². The predicted octanol–water partition coefficient (Wildman–Crippen LogP) is 3.63. The Bertz CT molecular complexity index is 1050. The molecule has 1 aromatic heterocycles. The number of rotatable bonds is 7. The Hall–Kier alpha value is -3.39. The van der Waals surface area contributed by atoms with E-state index in [9.17, 15) is 9.59 Å². The third-order valence-corrected chi connectivity index (χ3v) is 5.58. The largest absolute Gasteiger partial charge is 0.457 e. The Balaban J connectivity index is 1.35. The first-order chi connectivity index (χ1) is 14.6. The van der Waals surface area contributed by atoms with Crippen LogP contribution in [0.4, 0.5) is 9.93 Å². The number of aromatic nitrogens is 1. The summed E-state index contributed by atoms with van der Waals surface area (Å²) in [6.07, 6.45) is 0.160. The van der Waals surface area contributed by atoms with E-state index in [-0.39, 0.29) is 18.4 Å². The van der Waals surface area contributed by atoms with E-state index in [2.05, 4.69) is 15.6 Å². The van der Waals surface area contributed by atoms with E-state index in [0.29, 0.717) is 36.2 Å². The molecule has 3 aromatic rings. The quantitative estimate of drug-likeness (QED) is 0.609. The fourth-order valence-corrected chi connectivity index (χ4v) is 3.91. The number of nitrogens with zero attached hydrogens (tertiary/aromatic N) is 2. The first-order valence-electron chi connectivity index (χ1n) is 9.67. The van der Waals surface area contributed by atoms with Gasteiger partial charge in [-0.05, 0) is 25.1 Å². The molecule has 154 valence electrons. The van der Waals surface area contributed by atoms with E-state index in [0.717, 1.165) is 11.3 Å². The molecule has 30 heavy (non-hydrogen) atoms. The molecule has 0 saturated carbocycles. The number of urea groups is 1. The van der Waals surface area contributed by atoms with E-state index < -0.39 is 0 Å². The minimum atomic E-state index is -0.148. The second-order valence-electron chi connectivity index (χ2n) is 6.98. The predicted molar refractivity (Wildman–Crippen MR) is 116 cm³/mol. The van der Waals surface area contributed by atoms with Gasteiger partial charge in [-0.1, -0.05) is 35.9 Å². The first kappa shape index (κ1) is 19.9. The molecule has 0 atom stereocenters. The number of thiazole rings is 1. The van der Waals surface area contributed by atoms with Gasteiger partial charge in [-0.2, -0.15) is 0 Å². The molecule has 1 saturated heterocycles. The van der Waals surface area contributed by atoms with Gasteiger partial charge in [0.05, 0.1) is 12.1 Å². The zero-order valence-electron chi connectivity index (χ0n) is 16.6. The standard InChI is InChI=1S/C22H22N4O3S/c1-15-6-8-18(9-7-15)29-19-5-3-2-4-16(19)13-24-20(27)12-17-14-30-22(25-17)26-11-10-23-21(26)28/h2-9,14H,10-13H2,1H3,(H,23,28)(H,24,27). The minimum absolute atomic E-state index is 0.136. The molecule has 0 spiro atoms. The maximum atomic E-state index is 12.4. The number of aryl methyl sites for hydroxylation is 1. The molecule has 4 rings (SSSR count). The van der Waals surface area contributed by atoms with Crippen molar-refractivity contribution in [3.63, 3.8) is 0 Å². The summed E-state index contributed by atoms with van der Waals surface area (Å²) < 4.78 is 5.98. The van der Waals surface area contributed by atoms with Crippen molar-refractivity contribution in [1.82, 2.24) is 15.6 Å². The number of para-hydroxylation sites is 1.